The summed E-state index contributed by atoms with van der Waals surface area (Å²) in [5.74, 6) is -0.935. The van der Waals surface area contributed by atoms with Gasteiger partial charge in [-0.3, -0.25) is 4.79 Å². The van der Waals surface area contributed by atoms with E-state index in [1.54, 1.807) is 0 Å². The van der Waals surface area contributed by atoms with E-state index in [-0.39, 0.29) is 13.1 Å². The molecule has 0 aromatic carbocycles. The van der Waals surface area contributed by atoms with E-state index in [0.717, 1.165) is 4.90 Å². The molecule has 1 aliphatic heterocycles. The summed E-state index contributed by atoms with van der Waals surface area (Å²) in [6, 6.07) is 0. The van der Waals surface area contributed by atoms with Crippen molar-refractivity contribution in [3.05, 3.63) is 0 Å². The van der Waals surface area contributed by atoms with Crippen molar-refractivity contribution in [2.24, 2.45) is 5.41 Å². The highest BCUT2D eigenvalue weighted by Crippen LogP contribution is 2.29. The predicted octanol–water partition coefficient (Wildman–Crippen LogP) is 0.0709. The van der Waals surface area contributed by atoms with Gasteiger partial charge in [0, 0.05) is 13.1 Å². The molecular formula is C6H9NO4. The lowest BCUT2D eigenvalue weighted by Gasteiger charge is -2.42. The van der Waals surface area contributed by atoms with E-state index in [2.05, 4.69) is 0 Å². The van der Waals surface area contributed by atoms with E-state index in [9.17, 15) is 9.59 Å². The Labute approximate surface area is 63.2 Å². The molecule has 5 nitrogen and oxygen atoms in total. The Bertz CT molecular complexity index is 207. The molecule has 5 heteroatoms. The molecule has 1 heterocycles. The van der Waals surface area contributed by atoms with Crippen LogP contribution in [0.25, 0.3) is 0 Å². The Morgan fingerprint density at radius 3 is 2.09 bits per heavy atom. The van der Waals surface area contributed by atoms with Crippen molar-refractivity contribution in [1.29, 1.82) is 0 Å². The first-order valence-electron chi connectivity index (χ1n) is 3.17. The van der Waals surface area contributed by atoms with Gasteiger partial charge in [-0.15, -0.1) is 0 Å². The number of carboxylic acids is 1. The summed E-state index contributed by atoms with van der Waals surface area (Å²) < 4.78 is 0. The standard InChI is InChI=1S/C6H9NO4/c1-6(4(8)9)2-7(3-6)5(10)11/h2-3H2,1H3,(H,8,9)(H,10,11). The molecule has 1 aliphatic rings. The van der Waals surface area contributed by atoms with Crippen LogP contribution in [0, 0.1) is 5.41 Å². The molecule has 1 saturated heterocycles. The Balaban J connectivity index is 2.50. The van der Waals surface area contributed by atoms with Crippen LogP contribution in [0.4, 0.5) is 4.79 Å². The number of hydrogen-bond acceptors (Lipinski definition) is 2. The summed E-state index contributed by atoms with van der Waals surface area (Å²) in [4.78, 5) is 21.8. The van der Waals surface area contributed by atoms with Gasteiger partial charge in [0.2, 0.25) is 0 Å². The van der Waals surface area contributed by atoms with Crippen LogP contribution in [0.5, 0.6) is 0 Å². The van der Waals surface area contributed by atoms with Gasteiger partial charge in [-0.2, -0.15) is 0 Å². The maximum absolute atomic E-state index is 10.5. The van der Waals surface area contributed by atoms with Gasteiger partial charge >= 0.3 is 12.1 Å². The molecule has 0 atom stereocenters. The zero-order valence-corrected chi connectivity index (χ0v) is 6.07. The average Bonchev–Trinajstić information content (AvgIpc) is 1.79. The van der Waals surface area contributed by atoms with Gasteiger partial charge in [0.25, 0.3) is 0 Å². The summed E-state index contributed by atoms with van der Waals surface area (Å²) >= 11 is 0. The number of rotatable bonds is 1. The van der Waals surface area contributed by atoms with Crippen LogP contribution in [0.15, 0.2) is 0 Å². The Kier molecular flexibility index (Phi) is 1.51. The quantitative estimate of drug-likeness (QED) is 0.567. The van der Waals surface area contributed by atoms with E-state index in [4.69, 9.17) is 10.2 Å². The second kappa shape index (κ2) is 2.11. The van der Waals surface area contributed by atoms with E-state index in [0.29, 0.717) is 0 Å². The molecular weight excluding hydrogens is 150 g/mol. The van der Waals surface area contributed by atoms with Crippen LogP contribution in [0.2, 0.25) is 0 Å². The minimum Gasteiger partial charge on any atom is -0.481 e. The molecule has 1 rings (SSSR count). The first kappa shape index (κ1) is 7.84. The van der Waals surface area contributed by atoms with Gasteiger partial charge in [-0.05, 0) is 6.92 Å². The van der Waals surface area contributed by atoms with Crippen LogP contribution in [0.1, 0.15) is 6.92 Å². The summed E-state index contributed by atoms with van der Waals surface area (Å²) in [6.07, 6.45) is -1.05. The zero-order chi connectivity index (χ0) is 8.65. The van der Waals surface area contributed by atoms with Gasteiger partial charge in [0.15, 0.2) is 0 Å². The fraction of sp³-hybridized carbons (Fsp3) is 0.667. The maximum Gasteiger partial charge on any atom is 0.407 e. The fourth-order valence-corrected chi connectivity index (χ4v) is 1.07. The van der Waals surface area contributed by atoms with Crippen molar-refractivity contribution in [2.45, 2.75) is 6.92 Å². The van der Waals surface area contributed by atoms with Crippen molar-refractivity contribution in [3.8, 4) is 0 Å². The molecule has 0 aromatic heterocycles. The van der Waals surface area contributed by atoms with Crippen molar-refractivity contribution < 1.29 is 19.8 Å². The monoisotopic (exact) mass is 159 g/mol. The largest absolute Gasteiger partial charge is 0.481 e. The summed E-state index contributed by atoms with van der Waals surface area (Å²) in [6.45, 7) is 1.73. The Morgan fingerprint density at radius 2 is 1.82 bits per heavy atom. The predicted molar refractivity (Wildman–Crippen MR) is 35.3 cm³/mol. The molecule has 0 aliphatic carbocycles. The number of carboxylic acid groups (broad SMARTS) is 2. The van der Waals surface area contributed by atoms with Crippen molar-refractivity contribution >= 4 is 12.1 Å². The number of amides is 1. The minimum absolute atomic E-state index is 0.0949. The van der Waals surface area contributed by atoms with Gasteiger partial charge in [0.1, 0.15) is 5.41 Å². The summed E-state index contributed by atoms with van der Waals surface area (Å²) in [5.41, 5.74) is -0.863. The number of nitrogens with zero attached hydrogens (tertiary/aromatic N) is 1. The van der Waals surface area contributed by atoms with Gasteiger partial charge in [-0.25, -0.2) is 4.79 Å². The SMILES string of the molecule is CC1(C(=O)O)CN(C(=O)O)C1. The fourth-order valence-electron chi connectivity index (χ4n) is 1.07. The Morgan fingerprint density at radius 1 is 1.36 bits per heavy atom. The zero-order valence-electron chi connectivity index (χ0n) is 6.07. The molecule has 0 unspecified atom stereocenters. The number of carbonyl (C=O) groups is 2. The first-order chi connectivity index (χ1) is 4.96. The number of likely N-dealkylation sites (tertiary alicyclic amines) is 1. The van der Waals surface area contributed by atoms with E-state index in [1.807, 2.05) is 0 Å². The van der Waals surface area contributed by atoms with E-state index < -0.39 is 17.5 Å². The van der Waals surface area contributed by atoms with Gasteiger partial charge in [0.05, 0.1) is 0 Å². The lowest BCUT2D eigenvalue weighted by Crippen LogP contribution is -2.60. The second-order valence-corrected chi connectivity index (χ2v) is 3.00. The molecule has 0 spiro atoms. The molecule has 0 radical (unpaired) electrons. The molecule has 62 valence electrons. The summed E-state index contributed by atoms with van der Waals surface area (Å²) in [7, 11) is 0. The molecule has 1 amide bonds. The van der Waals surface area contributed by atoms with Crippen LogP contribution in [-0.4, -0.2) is 40.3 Å². The third-order valence-electron chi connectivity index (χ3n) is 1.87. The lowest BCUT2D eigenvalue weighted by molar-refractivity contribution is -0.156. The molecule has 11 heavy (non-hydrogen) atoms. The van der Waals surface area contributed by atoms with Gasteiger partial charge < -0.3 is 15.1 Å². The highest BCUT2D eigenvalue weighted by molar-refractivity contribution is 5.79. The second-order valence-electron chi connectivity index (χ2n) is 3.00. The first-order valence-corrected chi connectivity index (χ1v) is 3.17. The highest BCUT2D eigenvalue weighted by atomic mass is 16.4. The van der Waals surface area contributed by atoms with Crippen molar-refractivity contribution in [2.75, 3.05) is 13.1 Å². The Hall–Kier alpha value is -1.26. The van der Waals surface area contributed by atoms with E-state index in [1.165, 1.54) is 6.92 Å². The van der Waals surface area contributed by atoms with Crippen molar-refractivity contribution in [3.63, 3.8) is 0 Å². The normalized spacial score (nSPS) is 20.6. The lowest BCUT2D eigenvalue weighted by atomic mass is 9.82. The number of aliphatic carboxylic acids is 1. The smallest absolute Gasteiger partial charge is 0.407 e. The van der Waals surface area contributed by atoms with Gasteiger partial charge in [-0.1, -0.05) is 0 Å². The van der Waals surface area contributed by atoms with Crippen molar-refractivity contribution in [1.82, 2.24) is 4.90 Å². The molecule has 2 N–H and O–H groups in total. The highest BCUT2D eigenvalue weighted by Gasteiger charge is 2.47. The third kappa shape index (κ3) is 1.13. The molecule has 0 saturated carbocycles. The summed E-state index contributed by atoms with van der Waals surface area (Å²) in [5, 5.41) is 17.0. The number of hydrogen-bond donors (Lipinski definition) is 2. The topological polar surface area (TPSA) is 77.8 Å². The molecule has 0 bridgehead atoms. The average molecular weight is 159 g/mol. The molecule has 1 fully saturated rings. The van der Waals surface area contributed by atoms with Crippen LogP contribution >= 0.6 is 0 Å². The molecule has 0 aromatic rings. The van der Waals surface area contributed by atoms with E-state index >= 15 is 0 Å². The maximum atomic E-state index is 10.5. The van der Waals surface area contributed by atoms with Crippen LogP contribution in [0.3, 0.4) is 0 Å². The third-order valence-corrected chi connectivity index (χ3v) is 1.87. The van der Waals surface area contributed by atoms with Crippen LogP contribution < -0.4 is 0 Å². The van der Waals surface area contributed by atoms with Crippen LogP contribution in [-0.2, 0) is 4.79 Å². The minimum atomic E-state index is -1.05.